The van der Waals surface area contributed by atoms with E-state index in [1.807, 2.05) is 20.0 Å². The summed E-state index contributed by atoms with van der Waals surface area (Å²) in [7, 11) is 0.320. The first-order valence-electron chi connectivity index (χ1n) is 6.44. The van der Waals surface area contributed by atoms with Crippen molar-refractivity contribution in [1.82, 2.24) is 9.21 Å². The molecule has 1 aromatic rings. The van der Waals surface area contributed by atoms with Crippen LogP contribution < -0.4 is 5.32 Å². The van der Waals surface area contributed by atoms with Crippen LogP contribution in [-0.4, -0.2) is 57.4 Å². The van der Waals surface area contributed by atoms with Crippen molar-refractivity contribution in [2.75, 3.05) is 39.0 Å². The number of hydrogen-bond acceptors (Lipinski definition) is 4. The Bertz CT molecular complexity index is 545. The Hall–Kier alpha value is -1.11. The van der Waals surface area contributed by atoms with Gasteiger partial charge in [0.25, 0.3) is 0 Å². The molecule has 1 aliphatic heterocycles. The molecule has 1 aliphatic rings. The molecule has 1 atom stereocenters. The first kappa shape index (κ1) is 14.3. The van der Waals surface area contributed by atoms with E-state index in [9.17, 15) is 8.42 Å². The molecule has 1 saturated heterocycles. The van der Waals surface area contributed by atoms with Gasteiger partial charge in [-0.05, 0) is 26.1 Å². The molecule has 1 heterocycles. The summed E-state index contributed by atoms with van der Waals surface area (Å²) in [6.07, 6.45) is 0. The van der Waals surface area contributed by atoms with Gasteiger partial charge in [0, 0.05) is 32.7 Å². The molecule has 2 rings (SSSR count). The SMILES string of the molecule is CNc1ccccc1S(=O)(=O)N1CCN(C)CC1C. The monoisotopic (exact) mass is 283 g/mol. The third kappa shape index (κ3) is 2.75. The molecule has 0 saturated carbocycles. The van der Waals surface area contributed by atoms with Gasteiger partial charge in [0.05, 0.1) is 5.69 Å². The molecule has 6 heteroatoms. The summed E-state index contributed by atoms with van der Waals surface area (Å²) < 4.78 is 27.1. The number of anilines is 1. The number of para-hydroxylation sites is 1. The molecule has 1 fully saturated rings. The fraction of sp³-hybridized carbons (Fsp3) is 0.538. The van der Waals surface area contributed by atoms with Gasteiger partial charge in [0.15, 0.2) is 0 Å². The van der Waals surface area contributed by atoms with Crippen LogP contribution in [0.15, 0.2) is 29.2 Å². The number of nitrogens with zero attached hydrogens (tertiary/aromatic N) is 2. The highest BCUT2D eigenvalue weighted by atomic mass is 32.2. The summed E-state index contributed by atoms with van der Waals surface area (Å²) in [5.74, 6) is 0. The van der Waals surface area contributed by atoms with Gasteiger partial charge in [-0.2, -0.15) is 4.31 Å². The van der Waals surface area contributed by atoms with Crippen molar-refractivity contribution < 1.29 is 8.42 Å². The standard InChI is InChI=1S/C13H21N3O2S/c1-11-10-15(3)8-9-16(11)19(17,18)13-7-5-4-6-12(13)14-2/h4-7,11,14H,8-10H2,1-3H3. The fourth-order valence-corrected chi connectivity index (χ4v) is 4.32. The predicted molar refractivity (Wildman–Crippen MR) is 76.8 cm³/mol. The second kappa shape index (κ2) is 5.48. The molecule has 19 heavy (non-hydrogen) atoms. The van der Waals surface area contributed by atoms with E-state index in [-0.39, 0.29) is 6.04 Å². The number of likely N-dealkylation sites (N-methyl/N-ethyl adjacent to an activating group) is 1. The Morgan fingerprint density at radius 1 is 1.26 bits per heavy atom. The van der Waals surface area contributed by atoms with Gasteiger partial charge in [-0.3, -0.25) is 0 Å². The van der Waals surface area contributed by atoms with Crippen molar-refractivity contribution in [3.63, 3.8) is 0 Å². The molecular formula is C13H21N3O2S. The van der Waals surface area contributed by atoms with Gasteiger partial charge in [0.1, 0.15) is 4.90 Å². The summed E-state index contributed by atoms with van der Waals surface area (Å²) in [6.45, 7) is 4.03. The quantitative estimate of drug-likeness (QED) is 0.901. The zero-order chi connectivity index (χ0) is 14.0. The lowest BCUT2D eigenvalue weighted by Gasteiger charge is -2.37. The Kier molecular flexibility index (Phi) is 4.13. The van der Waals surface area contributed by atoms with Crippen LogP contribution >= 0.6 is 0 Å². The van der Waals surface area contributed by atoms with Crippen LogP contribution in [0.5, 0.6) is 0 Å². The molecule has 1 N–H and O–H groups in total. The molecule has 0 bridgehead atoms. The van der Waals surface area contributed by atoms with E-state index in [2.05, 4.69) is 10.2 Å². The molecule has 5 nitrogen and oxygen atoms in total. The van der Waals surface area contributed by atoms with E-state index < -0.39 is 10.0 Å². The maximum Gasteiger partial charge on any atom is 0.245 e. The molecule has 0 spiro atoms. The van der Waals surface area contributed by atoms with Crippen LogP contribution in [0.25, 0.3) is 0 Å². The number of piperazine rings is 1. The number of benzene rings is 1. The average molecular weight is 283 g/mol. The molecule has 1 aromatic carbocycles. The first-order valence-corrected chi connectivity index (χ1v) is 7.88. The zero-order valence-electron chi connectivity index (χ0n) is 11.6. The number of hydrogen-bond donors (Lipinski definition) is 1. The summed E-state index contributed by atoms with van der Waals surface area (Å²) in [5, 5.41) is 2.95. The van der Waals surface area contributed by atoms with E-state index in [1.54, 1.807) is 29.6 Å². The maximum atomic E-state index is 12.8. The van der Waals surface area contributed by atoms with Crippen molar-refractivity contribution in [2.45, 2.75) is 17.9 Å². The average Bonchev–Trinajstić information content (AvgIpc) is 2.38. The molecule has 1 unspecified atom stereocenters. The Balaban J connectivity index is 2.37. The minimum Gasteiger partial charge on any atom is -0.387 e. The third-order valence-corrected chi connectivity index (χ3v) is 5.58. The van der Waals surface area contributed by atoms with Crippen LogP contribution in [0.3, 0.4) is 0 Å². The predicted octanol–water partition coefficient (Wildman–Crippen LogP) is 1.05. The van der Waals surface area contributed by atoms with Crippen LogP contribution in [-0.2, 0) is 10.0 Å². The highest BCUT2D eigenvalue weighted by Crippen LogP contribution is 2.26. The topological polar surface area (TPSA) is 52.7 Å². The van der Waals surface area contributed by atoms with Crippen molar-refractivity contribution in [2.24, 2.45) is 0 Å². The molecular weight excluding hydrogens is 262 g/mol. The highest BCUT2D eigenvalue weighted by Gasteiger charge is 2.33. The highest BCUT2D eigenvalue weighted by molar-refractivity contribution is 7.89. The van der Waals surface area contributed by atoms with Crippen molar-refractivity contribution in [3.8, 4) is 0 Å². The number of rotatable bonds is 3. The van der Waals surface area contributed by atoms with E-state index >= 15 is 0 Å². The second-order valence-corrected chi connectivity index (χ2v) is 6.83. The minimum atomic E-state index is -3.43. The largest absolute Gasteiger partial charge is 0.387 e. The molecule has 106 valence electrons. The van der Waals surface area contributed by atoms with Gasteiger partial charge in [-0.1, -0.05) is 12.1 Å². The summed E-state index contributed by atoms with van der Waals surface area (Å²) in [4.78, 5) is 2.51. The van der Waals surface area contributed by atoms with Gasteiger partial charge in [-0.15, -0.1) is 0 Å². The van der Waals surface area contributed by atoms with E-state index in [1.165, 1.54) is 0 Å². The van der Waals surface area contributed by atoms with Gasteiger partial charge < -0.3 is 10.2 Å². The van der Waals surface area contributed by atoms with Crippen molar-refractivity contribution in [3.05, 3.63) is 24.3 Å². The molecule has 0 aromatic heterocycles. The summed E-state index contributed by atoms with van der Waals surface area (Å²) in [6, 6.07) is 7.03. The van der Waals surface area contributed by atoms with Gasteiger partial charge in [-0.25, -0.2) is 8.42 Å². The number of sulfonamides is 1. The lowest BCUT2D eigenvalue weighted by atomic mass is 10.2. The minimum absolute atomic E-state index is 0.00587. The van der Waals surface area contributed by atoms with Crippen LogP contribution in [0.4, 0.5) is 5.69 Å². The van der Waals surface area contributed by atoms with E-state index in [4.69, 9.17) is 0 Å². The Morgan fingerprint density at radius 3 is 2.58 bits per heavy atom. The molecule has 0 amide bonds. The zero-order valence-corrected chi connectivity index (χ0v) is 12.4. The maximum absolute atomic E-state index is 12.8. The third-order valence-electron chi connectivity index (χ3n) is 3.51. The number of nitrogens with one attached hydrogen (secondary N) is 1. The Morgan fingerprint density at radius 2 is 1.95 bits per heavy atom. The van der Waals surface area contributed by atoms with E-state index in [0.29, 0.717) is 17.1 Å². The van der Waals surface area contributed by atoms with Crippen LogP contribution in [0, 0.1) is 0 Å². The second-order valence-electron chi connectivity index (χ2n) is 4.97. The first-order chi connectivity index (χ1) is 8.96. The normalized spacial score (nSPS) is 22.4. The van der Waals surface area contributed by atoms with Gasteiger partial charge >= 0.3 is 0 Å². The van der Waals surface area contributed by atoms with Gasteiger partial charge in [0.2, 0.25) is 10.0 Å². The lowest BCUT2D eigenvalue weighted by molar-refractivity contribution is 0.170. The van der Waals surface area contributed by atoms with Crippen molar-refractivity contribution in [1.29, 1.82) is 0 Å². The summed E-state index contributed by atoms with van der Waals surface area (Å²) >= 11 is 0. The van der Waals surface area contributed by atoms with Crippen LogP contribution in [0.2, 0.25) is 0 Å². The molecule has 0 radical (unpaired) electrons. The lowest BCUT2D eigenvalue weighted by Crippen LogP contribution is -2.52. The molecule has 0 aliphatic carbocycles. The van der Waals surface area contributed by atoms with Crippen LogP contribution in [0.1, 0.15) is 6.92 Å². The fourth-order valence-electron chi connectivity index (χ4n) is 2.50. The Labute approximate surface area is 115 Å². The smallest absolute Gasteiger partial charge is 0.245 e. The van der Waals surface area contributed by atoms with Crippen molar-refractivity contribution >= 4 is 15.7 Å². The van der Waals surface area contributed by atoms with E-state index in [0.717, 1.165) is 13.1 Å². The summed E-state index contributed by atoms with van der Waals surface area (Å²) in [5.41, 5.74) is 0.647.